The normalized spacial score (nSPS) is 11.1. The summed E-state index contributed by atoms with van der Waals surface area (Å²) in [4.78, 5) is 4.53. The lowest BCUT2D eigenvalue weighted by atomic mass is 10.1. The van der Waals surface area contributed by atoms with E-state index in [4.69, 9.17) is 0 Å². The highest BCUT2D eigenvalue weighted by Crippen LogP contribution is 2.14. The molecule has 0 saturated heterocycles. The molecule has 2 aromatic heterocycles. The van der Waals surface area contributed by atoms with E-state index in [1.165, 1.54) is 16.5 Å². The van der Waals surface area contributed by atoms with Gasteiger partial charge in [0.25, 0.3) is 0 Å². The Morgan fingerprint density at radius 1 is 1.10 bits per heavy atom. The van der Waals surface area contributed by atoms with Crippen LogP contribution >= 0.6 is 11.3 Å². The number of hydrogen-bond donors (Lipinski definition) is 1. The van der Waals surface area contributed by atoms with E-state index in [-0.39, 0.29) is 0 Å². The van der Waals surface area contributed by atoms with Crippen LogP contribution in [0.25, 0.3) is 10.9 Å². The fraction of sp³-hybridized carbons (Fsp3) is 0.235. The first-order valence-corrected chi connectivity index (χ1v) is 7.84. The number of nitrogens with one attached hydrogen (secondary N) is 1. The van der Waals surface area contributed by atoms with Gasteiger partial charge in [-0.3, -0.25) is 4.98 Å². The molecule has 1 aromatic carbocycles. The Morgan fingerprint density at radius 3 is 2.90 bits per heavy atom. The van der Waals surface area contributed by atoms with Crippen LogP contribution in [0, 0.1) is 6.92 Å². The maximum Gasteiger partial charge on any atom is 0.0705 e. The molecule has 2 nitrogen and oxygen atoms in total. The molecule has 2 heterocycles. The number of aromatic nitrogens is 1. The van der Waals surface area contributed by atoms with Crippen molar-refractivity contribution in [2.24, 2.45) is 0 Å². The van der Waals surface area contributed by atoms with E-state index in [9.17, 15) is 0 Å². The minimum Gasteiger partial charge on any atom is -0.312 e. The first-order chi connectivity index (χ1) is 9.81. The van der Waals surface area contributed by atoms with Crippen molar-refractivity contribution in [3.63, 3.8) is 0 Å². The van der Waals surface area contributed by atoms with Crippen LogP contribution in [0.1, 0.15) is 16.8 Å². The molecule has 102 valence electrons. The first kappa shape index (κ1) is 13.3. The maximum atomic E-state index is 4.53. The highest BCUT2D eigenvalue weighted by molar-refractivity contribution is 7.07. The van der Waals surface area contributed by atoms with Gasteiger partial charge in [-0.1, -0.05) is 12.1 Å². The van der Waals surface area contributed by atoms with Gasteiger partial charge < -0.3 is 5.32 Å². The molecule has 0 bridgehead atoms. The maximum absolute atomic E-state index is 4.53. The number of rotatable bonds is 5. The monoisotopic (exact) mass is 282 g/mol. The predicted octanol–water partition coefficient (Wildman–Crippen LogP) is 3.94. The van der Waals surface area contributed by atoms with Crippen LogP contribution in [-0.2, 0) is 13.0 Å². The van der Waals surface area contributed by atoms with Crippen molar-refractivity contribution in [2.75, 3.05) is 6.54 Å². The minimum absolute atomic E-state index is 0.911. The molecular formula is C17H18N2S. The molecule has 1 N–H and O–H groups in total. The molecule has 0 aliphatic carbocycles. The van der Waals surface area contributed by atoms with Crippen molar-refractivity contribution in [1.29, 1.82) is 0 Å². The van der Waals surface area contributed by atoms with Gasteiger partial charge in [0.2, 0.25) is 0 Å². The third-order valence-electron chi connectivity index (χ3n) is 3.39. The molecule has 0 aliphatic rings. The molecule has 3 aromatic rings. The lowest BCUT2D eigenvalue weighted by Gasteiger charge is -2.06. The predicted molar refractivity (Wildman–Crippen MR) is 86.2 cm³/mol. The fourth-order valence-corrected chi connectivity index (χ4v) is 2.99. The van der Waals surface area contributed by atoms with Gasteiger partial charge in [0.15, 0.2) is 0 Å². The summed E-state index contributed by atoms with van der Waals surface area (Å²) in [7, 11) is 0. The van der Waals surface area contributed by atoms with Crippen molar-refractivity contribution in [1.82, 2.24) is 10.3 Å². The molecule has 3 heteroatoms. The van der Waals surface area contributed by atoms with E-state index in [1.807, 2.05) is 6.92 Å². The van der Waals surface area contributed by atoms with Crippen molar-refractivity contribution in [3.05, 3.63) is 64.0 Å². The Hall–Kier alpha value is -1.71. The van der Waals surface area contributed by atoms with Crippen LogP contribution in [0.3, 0.4) is 0 Å². The number of hydrogen-bond acceptors (Lipinski definition) is 3. The average molecular weight is 282 g/mol. The Morgan fingerprint density at radius 2 is 2.05 bits per heavy atom. The summed E-state index contributed by atoms with van der Waals surface area (Å²) in [5, 5.41) is 9.06. The van der Waals surface area contributed by atoms with Gasteiger partial charge in [-0.15, -0.1) is 0 Å². The Balaban J connectivity index is 1.58. The third-order valence-corrected chi connectivity index (χ3v) is 4.12. The number of thiophene rings is 1. The zero-order valence-electron chi connectivity index (χ0n) is 11.6. The second-order valence-electron chi connectivity index (χ2n) is 5.04. The zero-order valence-corrected chi connectivity index (χ0v) is 12.4. The third kappa shape index (κ3) is 3.24. The van der Waals surface area contributed by atoms with Crippen molar-refractivity contribution >= 4 is 22.2 Å². The quantitative estimate of drug-likeness (QED) is 0.717. The SMILES string of the molecule is Cc1ccc2cc(CNCCc3ccsc3)ccc2n1. The summed E-state index contributed by atoms with van der Waals surface area (Å²) in [6, 6.07) is 12.9. The van der Waals surface area contributed by atoms with E-state index in [2.05, 4.69) is 57.5 Å². The topological polar surface area (TPSA) is 24.9 Å². The van der Waals surface area contributed by atoms with Crippen molar-refractivity contribution in [2.45, 2.75) is 19.9 Å². The molecule has 0 radical (unpaired) electrons. The average Bonchev–Trinajstić information content (AvgIpc) is 2.97. The van der Waals surface area contributed by atoms with Crippen LogP contribution in [0.15, 0.2) is 47.2 Å². The zero-order chi connectivity index (χ0) is 13.8. The smallest absolute Gasteiger partial charge is 0.0705 e. The van der Waals surface area contributed by atoms with Gasteiger partial charge in [0.1, 0.15) is 0 Å². The van der Waals surface area contributed by atoms with Crippen LogP contribution in [0.2, 0.25) is 0 Å². The van der Waals surface area contributed by atoms with Crippen molar-refractivity contribution < 1.29 is 0 Å². The van der Waals surface area contributed by atoms with E-state index < -0.39 is 0 Å². The molecular weight excluding hydrogens is 264 g/mol. The van der Waals surface area contributed by atoms with E-state index in [1.54, 1.807) is 11.3 Å². The van der Waals surface area contributed by atoms with Gasteiger partial charge in [-0.05, 0) is 66.0 Å². The summed E-state index contributed by atoms with van der Waals surface area (Å²) < 4.78 is 0. The Kier molecular flexibility index (Phi) is 4.09. The second-order valence-corrected chi connectivity index (χ2v) is 5.82. The largest absolute Gasteiger partial charge is 0.312 e. The Labute approximate surface area is 123 Å². The number of fused-ring (bicyclic) bond motifs is 1. The molecule has 0 unspecified atom stereocenters. The van der Waals surface area contributed by atoms with Crippen LogP contribution in [0.4, 0.5) is 0 Å². The highest BCUT2D eigenvalue weighted by atomic mass is 32.1. The summed E-state index contributed by atoms with van der Waals surface area (Å²) in [6.45, 7) is 3.95. The number of benzene rings is 1. The molecule has 0 fully saturated rings. The van der Waals surface area contributed by atoms with E-state index in [0.29, 0.717) is 0 Å². The first-order valence-electron chi connectivity index (χ1n) is 6.89. The lowest BCUT2D eigenvalue weighted by molar-refractivity contribution is 0.688. The number of pyridine rings is 1. The Bertz CT molecular complexity index is 689. The van der Waals surface area contributed by atoms with Crippen LogP contribution < -0.4 is 5.32 Å². The number of nitrogens with zero attached hydrogens (tertiary/aromatic N) is 1. The number of aryl methyl sites for hydroxylation is 1. The molecule has 3 rings (SSSR count). The van der Waals surface area contributed by atoms with Gasteiger partial charge in [-0.2, -0.15) is 11.3 Å². The molecule has 20 heavy (non-hydrogen) atoms. The lowest BCUT2D eigenvalue weighted by Crippen LogP contribution is -2.16. The van der Waals surface area contributed by atoms with Gasteiger partial charge >= 0.3 is 0 Å². The molecule has 0 aliphatic heterocycles. The van der Waals surface area contributed by atoms with Gasteiger partial charge in [0, 0.05) is 17.6 Å². The second kappa shape index (κ2) is 6.16. The standard InChI is InChI=1S/C17H18N2S/c1-13-2-4-16-10-15(3-5-17(16)19-13)11-18-8-6-14-7-9-20-12-14/h2-5,7,9-10,12,18H,6,8,11H2,1H3. The van der Waals surface area contributed by atoms with Crippen LogP contribution in [-0.4, -0.2) is 11.5 Å². The summed E-state index contributed by atoms with van der Waals surface area (Å²) in [5.41, 5.74) is 4.88. The molecule has 0 saturated carbocycles. The molecule has 0 amide bonds. The van der Waals surface area contributed by atoms with Crippen LogP contribution in [0.5, 0.6) is 0 Å². The van der Waals surface area contributed by atoms with Gasteiger partial charge in [-0.25, -0.2) is 0 Å². The summed E-state index contributed by atoms with van der Waals surface area (Å²) in [5.74, 6) is 0. The molecule has 0 spiro atoms. The molecule has 0 atom stereocenters. The van der Waals surface area contributed by atoms with E-state index in [0.717, 1.165) is 30.7 Å². The fourth-order valence-electron chi connectivity index (χ4n) is 2.29. The summed E-state index contributed by atoms with van der Waals surface area (Å²) in [6.07, 6.45) is 1.10. The summed E-state index contributed by atoms with van der Waals surface area (Å²) >= 11 is 1.76. The van der Waals surface area contributed by atoms with Gasteiger partial charge in [0.05, 0.1) is 5.52 Å². The van der Waals surface area contributed by atoms with Crippen molar-refractivity contribution in [3.8, 4) is 0 Å². The van der Waals surface area contributed by atoms with E-state index >= 15 is 0 Å². The highest BCUT2D eigenvalue weighted by Gasteiger charge is 1.99. The minimum atomic E-state index is 0.911.